The number of para-hydroxylation sites is 1. The number of aliphatic hydroxyl groups is 1. The minimum atomic E-state index is -3.24. The van der Waals surface area contributed by atoms with Crippen LogP contribution < -0.4 is 5.32 Å². The van der Waals surface area contributed by atoms with E-state index in [4.69, 9.17) is 12.2 Å². The lowest BCUT2D eigenvalue weighted by atomic mass is 10.2. The summed E-state index contributed by atoms with van der Waals surface area (Å²) in [6.07, 6.45) is -0.951. The fraction of sp³-hybridized carbons (Fsp3) is 0.462. The number of aliphatic hydroxyl groups excluding tert-OH is 1. The van der Waals surface area contributed by atoms with Crippen molar-refractivity contribution in [3.8, 4) is 0 Å². The molecule has 0 bridgehead atoms. The normalized spacial score (nSPS) is 24.0. The molecule has 2 N–H and O–H groups in total. The van der Waals surface area contributed by atoms with Crippen molar-refractivity contribution in [1.29, 1.82) is 0 Å². The van der Waals surface area contributed by atoms with Gasteiger partial charge in [0.2, 0.25) is 0 Å². The van der Waals surface area contributed by atoms with Gasteiger partial charge in [-0.15, -0.1) is 0 Å². The van der Waals surface area contributed by atoms with Crippen LogP contribution in [-0.2, 0) is 9.84 Å². The topological polar surface area (TPSA) is 72.9 Å². The molecular formula is C13H19N3O3S2. The summed E-state index contributed by atoms with van der Waals surface area (Å²) in [7, 11) is 0.286. The number of nitrogens with zero attached hydrogens (tertiary/aromatic N) is 2. The quantitative estimate of drug-likeness (QED) is 0.611. The van der Waals surface area contributed by atoms with E-state index >= 15 is 0 Å². The first-order valence-electron chi connectivity index (χ1n) is 6.51. The van der Waals surface area contributed by atoms with Gasteiger partial charge in [-0.2, -0.15) is 0 Å². The molecule has 1 fully saturated rings. The Balaban J connectivity index is 2.18. The van der Waals surface area contributed by atoms with Crippen molar-refractivity contribution in [3.05, 3.63) is 30.3 Å². The van der Waals surface area contributed by atoms with Crippen molar-refractivity contribution in [2.24, 2.45) is 0 Å². The predicted molar refractivity (Wildman–Crippen MR) is 86.6 cm³/mol. The number of thiocarbonyl (C=S) groups is 1. The van der Waals surface area contributed by atoms with Crippen LogP contribution in [0.5, 0.6) is 0 Å². The molecule has 116 valence electrons. The van der Waals surface area contributed by atoms with Crippen LogP contribution in [0.2, 0.25) is 0 Å². The van der Waals surface area contributed by atoms with E-state index in [0.717, 1.165) is 5.69 Å². The molecule has 0 amide bonds. The maximum Gasteiger partial charge on any atom is 0.188 e. The first-order chi connectivity index (χ1) is 9.80. The number of hydrogen-bond donors (Lipinski definition) is 2. The highest BCUT2D eigenvalue weighted by Crippen LogP contribution is 2.20. The Hall–Kier alpha value is -1.22. The molecule has 1 aliphatic heterocycles. The Bertz CT molecular complexity index is 604. The SMILES string of the molecule is CN(C)N(C(=S)Nc1ccccc1)[C@@H]1CS(=O)(=O)C[C@H]1O. The zero-order valence-corrected chi connectivity index (χ0v) is 13.6. The standard InChI is InChI=1S/C13H19N3O3S2/c1-15(2)16(11-8-21(18,19)9-12(11)17)13(20)14-10-6-4-3-5-7-10/h3-7,11-12,17H,8-9H2,1-2H3,(H,14,20)/t11-,12-/m1/s1. The van der Waals surface area contributed by atoms with E-state index in [1.165, 1.54) is 0 Å². The van der Waals surface area contributed by atoms with E-state index in [2.05, 4.69) is 5.32 Å². The Morgan fingerprint density at radius 2 is 1.90 bits per heavy atom. The average Bonchev–Trinajstić information content (AvgIpc) is 2.63. The summed E-state index contributed by atoms with van der Waals surface area (Å²) in [5, 5.41) is 16.7. The maximum absolute atomic E-state index is 11.7. The van der Waals surface area contributed by atoms with Crippen LogP contribution in [0.15, 0.2) is 30.3 Å². The number of hydrazine groups is 1. The molecule has 1 aliphatic rings. The number of anilines is 1. The monoisotopic (exact) mass is 329 g/mol. The summed E-state index contributed by atoms with van der Waals surface area (Å²) in [5.41, 5.74) is 0.810. The van der Waals surface area contributed by atoms with Crippen molar-refractivity contribution >= 4 is 32.9 Å². The van der Waals surface area contributed by atoms with Crippen molar-refractivity contribution < 1.29 is 13.5 Å². The molecule has 0 radical (unpaired) electrons. The van der Waals surface area contributed by atoms with Gasteiger partial charge in [0.15, 0.2) is 14.9 Å². The number of rotatable bonds is 3. The first-order valence-corrected chi connectivity index (χ1v) is 8.74. The van der Waals surface area contributed by atoms with Gasteiger partial charge in [-0.25, -0.2) is 13.4 Å². The predicted octanol–water partition coefficient (Wildman–Crippen LogP) is 0.320. The summed E-state index contributed by atoms with van der Waals surface area (Å²) < 4.78 is 23.4. The van der Waals surface area contributed by atoms with E-state index in [1.807, 2.05) is 30.3 Å². The van der Waals surface area contributed by atoms with E-state index in [9.17, 15) is 13.5 Å². The molecule has 0 unspecified atom stereocenters. The second kappa shape index (κ2) is 6.27. The summed E-state index contributed by atoms with van der Waals surface area (Å²) in [4.78, 5) is 0. The lowest BCUT2D eigenvalue weighted by Gasteiger charge is -2.37. The van der Waals surface area contributed by atoms with Crippen LogP contribution in [0, 0.1) is 0 Å². The van der Waals surface area contributed by atoms with Crippen LogP contribution >= 0.6 is 12.2 Å². The average molecular weight is 329 g/mol. The third kappa shape index (κ3) is 3.91. The minimum absolute atomic E-state index is 0.108. The molecule has 0 spiro atoms. The molecule has 21 heavy (non-hydrogen) atoms. The minimum Gasteiger partial charge on any atom is -0.390 e. The summed E-state index contributed by atoms with van der Waals surface area (Å²) in [5.74, 6) is -0.334. The molecule has 2 atom stereocenters. The fourth-order valence-electron chi connectivity index (χ4n) is 2.38. The van der Waals surface area contributed by atoms with Crippen LogP contribution in [-0.4, -0.2) is 66.4 Å². The summed E-state index contributed by atoms with van der Waals surface area (Å²) in [6, 6.07) is 8.79. The highest BCUT2D eigenvalue weighted by Gasteiger charge is 2.42. The third-order valence-electron chi connectivity index (χ3n) is 3.27. The molecule has 1 aromatic carbocycles. The molecule has 8 heteroatoms. The van der Waals surface area contributed by atoms with Crippen molar-refractivity contribution in [3.63, 3.8) is 0 Å². The van der Waals surface area contributed by atoms with Crippen LogP contribution in [0.25, 0.3) is 0 Å². The molecule has 1 heterocycles. The maximum atomic E-state index is 11.7. The summed E-state index contributed by atoms with van der Waals surface area (Å²) >= 11 is 5.37. The molecular weight excluding hydrogens is 310 g/mol. The van der Waals surface area contributed by atoms with Gasteiger partial charge in [-0.05, 0) is 24.4 Å². The zero-order chi connectivity index (χ0) is 15.6. The van der Waals surface area contributed by atoms with Gasteiger partial charge < -0.3 is 10.4 Å². The number of benzene rings is 1. The molecule has 2 rings (SSSR count). The molecule has 0 aromatic heterocycles. The highest BCUT2D eigenvalue weighted by molar-refractivity contribution is 7.91. The molecule has 1 saturated heterocycles. The molecule has 0 saturated carbocycles. The van der Waals surface area contributed by atoms with Crippen molar-refractivity contribution in [2.75, 3.05) is 30.9 Å². The van der Waals surface area contributed by atoms with Crippen LogP contribution in [0.4, 0.5) is 5.69 Å². The lowest BCUT2D eigenvalue weighted by molar-refractivity contribution is 0.0165. The van der Waals surface area contributed by atoms with Gasteiger partial charge in [0, 0.05) is 19.8 Å². The van der Waals surface area contributed by atoms with Gasteiger partial charge in [0.25, 0.3) is 0 Å². The molecule has 0 aliphatic carbocycles. The smallest absolute Gasteiger partial charge is 0.188 e. The van der Waals surface area contributed by atoms with E-state index < -0.39 is 22.0 Å². The number of sulfone groups is 1. The Morgan fingerprint density at radius 3 is 2.38 bits per heavy atom. The largest absolute Gasteiger partial charge is 0.390 e. The highest BCUT2D eigenvalue weighted by atomic mass is 32.2. The Morgan fingerprint density at radius 1 is 1.29 bits per heavy atom. The van der Waals surface area contributed by atoms with Crippen LogP contribution in [0.1, 0.15) is 0 Å². The fourth-order valence-corrected chi connectivity index (χ4v) is 4.55. The van der Waals surface area contributed by atoms with Crippen molar-refractivity contribution in [2.45, 2.75) is 12.1 Å². The van der Waals surface area contributed by atoms with Crippen LogP contribution in [0.3, 0.4) is 0 Å². The second-order valence-electron chi connectivity index (χ2n) is 5.20. The van der Waals surface area contributed by atoms with Gasteiger partial charge in [0.05, 0.1) is 23.7 Å². The first kappa shape index (κ1) is 16.2. The van der Waals surface area contributed by atoms with Crippen molar-refractivity contribution in [1.82, 2.24) is 10.0 Å². The summed E-state index contributed by atoms with van der Waals surface area (Å²) in [6.45, 7) is 0. The van der Waals surface area contributed by atoms with Gasteiger partial charge >= 0.3 is 0 Å². The molecule has 6 nitrogen and oxygen atoms in total. The second-order valence-corrected chi connectivity index (χ2v) is 7.74. The Kier molecular flexibility index (Phi) is 4.82. The van der Waals surface area contributed by atoms with E-state index in [0.29, 0.717) is 5.11 Å². The number of nitrogens with one attached hydrogen (secondary N) is 1. The van der Waals surface area contributed by atoms with Gasteiger partial charge in [-0.1, -0.05) is 18.2 Å². The number of hydrogen-bond acceptors (Lipinski definition) is 5. The van der Waals surface area contributed by atoms with E-state index in [-0.39, 0.29) is 11.5 Å². The molecule has 1 aromatic rings. The van der Waals surface area contributed by atoms with Gasteiger partial charge in [-0.3, -0.25) is 5.01 Å². The Labute approximate surface area is 130 Å². The zero-order valence-electron chi connectivity index (χ0n) is 11.9. The van der Waals surface area contributed by atoms with Gasteiger partial charge in [0.1, 0.15) is 0 Å². The lowest BCUT2D eigenvalue weighted by Crippen LogP contribution is -2.54. The van der Waals surface area contributed by atoms with E-state index in [1.54, 1.807) is 24.1 Å². The third-order valence-corrected chi connectivity index (χ3v) is 5.26.